The lowest BCUT2D eigenvalue weighted by Gasteiger charge is -2.01. The van der Waals surface area contributed by atoms with Crippen molar-refractivity contribution in [3.05, 3.63) is 41.3 Å². The molecule has 1 aromatic carbocycles. The summed E-state index contributed by atoms with van der Waals surface area (Å²) in [5.74, 6) is -1.27. The van der Waals surface area contributed by atoms with E-state index in [2.05, 4.69) is 5.16 Å². The number of rotatable bonds is 3. The lowest BCUT2D eigenvalue weighted by atomic mass is 10.3. The fraction of sp³-hybridized carbons (Fsp3) is 0.0909. The van der Waals surface area contributed by atoms with Gasteiger partial charge < -0.3 is 14.4 Å². The highest BCUT2D eigenvalue weighted by atomic mass is 19.1. The minimum Gasteiger partial charge on any atom is -0.476 e. The monoisotopic (exact) mass is 237 g/mol. The normalized spacial score (nSPS) is 10.2. The Morgan fingerprint density at radius 3 is 2.59 bits per heavy atom. The Hall–Kier alpha value is -2.37. The first-order valence-corrected chi connectivity index (χ1v) is 4.71. The smallest absolute Gasteiger partial charge is 0.358 e. The van der Waals surface area contributed by atoms with Gasteiger partial charge in [-0.1, -0.05) is 5.16 Å². The van der Waals surface area contributed by atoms with Crippen LogP contribution in [0.1, 0.15) is 16.1 Å². The Morgan fingerprint density at radius 1 is 1.41 bits per heavy atom. The highest BCUT2D eigenvalue weighted by molar-refractivity contribution is 5.87. The zero-order valence-corrected chi connectivity index (χ0v) is 8.81. The minimum absolute atomic E-state index is 0.0194. The van der Waals surface area contributed by atoms with E-state index in [1.54, 1.807) is 0 Å². The SMILES string of the molecule is Cc1c(C(=O)O)noc1Oc1ccc(F)cc1. The maximum atomic E-state index is 12.6. The first kappa shape index (κ1) is 11.1. The van der Waals surface area contributed by atoms with Gasteiger partial charge in [-0.05, 0) is 31.2 Å². The molecule has 0 radical (unpaired) electrons. The number of aromatic carboxylic acids is 1. The van der Waals surface area contributed by atoms with E-state index < -0.39 is 11.8 Å². The number of benzene rings is 1. The van der Waals surface area contributed by atoms with Crippen molar-refractivity contribution in [3.63, 3.8) is 0 Å². The number of nitrogens with zero attached hydrogens (tertiary/aromatic N) is 1. The molecule has 0 aliphatic carbocycles. The van der Waals surface area contributed by atoms with Crippen molar-refractivity contribution in [2.75, 3.05) is 0 Å². The van der Waals surface area contributed by atoms with Gasteiger partial charge in [0.2, 0.25) is 0 Å². The molecule has 2 rings (SSSR count). The number of ether oxygens (including phenoxy) is 1. The second kappa shape index (κ2) is 4.25. The van der Waals surface area contributed by atoms with Gasteiger partial charge in [-0.15, -0.1) is 0 Å². The summed E-state index contributed by atoms with van der Waals surface area (Å²) in [4.78, 5) is 10.7. The van der Waals surface area contributed by atoms with Gasteiger partial charge in [0.15, 0.2) is 5.69 Å². The minimum atomic E-state index is -1.19. The summed E-state index contributed by atoms with van der Waals surface area (Å²) < 4.78 is 22.6. The van der Waals surface area contributed by atoms with Crippen molar-refractivity contribution in [3.8, 4) is 11.7 Å². The number of halogens is 1. The lowest BCUT2D eigenvalue weighted by molar-refractivity contribution is 0.0685. The van der Waals surface area contributed by atoms with Crippen LogP contribution >= 0.6 is 0 Å². The average Bonchev–Trinajstić information content (AvgIpc) is 2.64. The van der Waals surface area contributed by atoms with E-state index >= 15 is 0 Å². The van der Waals surface area contributed by atoms with E-state index in [1.807, 2.05) is 0 Å². The average molecular weight is 237 g/mol. The summed E-state index contributed by atoms with van der Waals surface area (Å²) in [6.07, 6.45) is 0. The van der Waals surface area contributed by atoms with Crippen LogP contribution in [0.2, 0.25) is 0 Å². The van der Waals surface area contributed by atoms with Crippen LogP contribution in [0.15, 0.2) is 28.8 Å². The molecule has 0 unspecified atom stereocenters. The molecule has 0 aliphatic rings. The second-order valence-corrected chi connectivity index (χ2v) is 3.30. The summed E-state index contributed by atoms with van der Waals surface area (Å²) in [6.45, 7) is 1.51. The van der Waals surface area contributed by atoms with Crippen molar-refractivity contribution >= 4 is 5.97 Å². The number of hydrogen-bond acceptors (Lipinski definition) is 4. The van der Waals surface area contributed by atoms with Crippen molar-refractivity contribution in [2.24, 2.45) is 0 Å². The first-order valence-electron chi connectivity index (χ1n) is 4.71. The van der Waals surface area contributed by atoms with Gasteiger partial charge >= 0.3 is 11.9 Å². The Labute approximate surface area is 95.4 Å². The predicted octanol–water partition coefficient (Wildman–Crippen LogP) is 2.61. The second-order valence-electron chi connectivity index (χ2n) is 3.30. The number of carboxylic acids is 1. The molecule has 0 atom stereocenters. The molecule has 1 aromatic heterocycles. The van der Waals surface area contributed by atoms with E-state index in [0.29, 0.717) is 5.75 Å². The van der Waals surface area contributed by atoms with Crippen LogP contribution in [0.25, 0.3) is 0 Å². The Bertz CT molecular complexity index is 547. The zero-order chi connectivity index (χ0) is 12.4. The molecule has 0 fully saturated rings. The van der Waals surface area contributed by atoms with E-state index in [1.165, 1.54) is 31.2 Å². The molecule has 0 saturated heterocycles. The molecule has 17 heavy (non-hydrogen) atoms. The van der Waals surface area contributed by atoms with Gasteiger partial charge in [-0.25, -0.2) is 9.18 Å². The lowest BCUT2D eigenvalue weighted by Crippen LogP contribution is -1.98. The molecule has 5 nitrogen and oxygen atoms in total. The molecular formula is C11H8FNO4. The summed E-state index contributed by atoms with van der Waals surface area (Å²) in [5, 5.41) is 12.1. The Morgan fingerprint density at radius 2 is 2.06 bits per heavy atom. The van der Waals surface area contributed by atoms with Gasteiger partial charge in [-0.3, -0.25) is 0 Å². The number of carboxylic acid groups (broad SMARTS) is 1. The summed E-state index contributed by atoms with van der Waals surface area (Å²) in [6, 6.07) is 5.24. The third kappa shape index (κ3) is 2.25. The topological polar surface area (TPSA) is 72.6 Å². The molecule has 0 saturated carbocycles. The fourth-order valence-electron chi connectivity index (χ4n) is 1.23. The summed E-state index contributed by atoms with van der Waals surface area (Å²) in [5.41, 5.74) is 0.0731. The fourth-order valence-corrected chi connectivity index (χ4v) is 1.23. The first-order chi connectivity index (χ1) is 8.08. The molecular weight excluding hydrogens is 229 g/mol. The van der Waals surface area contributed by atoms with Crippen LogP contribution in [0.3, 0.4) is 0 Å². The maximum absolute atomic E-state index is 12.6. The molecule has 0 bridgehead atoms. The molecule has 0 amide bonds. The maximum Gasteiger partial charge on any atom is 0.358 e. The highest BCUT2D eigenvalue weighted by Gasteiger charge is 2.19. The van der Waals surface area contributed by atoms with Gasteiger partial charge in [0.05, 0.1) is 5.56 Å². The van der Waals surface area contributed by atoms with Gasteiger partial charge in [0.25, 0.3) is 0 Å². The Kier molecular flexibility index (Phi) is 2.78. The van der Waals surface area contributed by atoms with Crippen molar-refractivity contribution in [2.45, 2.75) is 6.92 Å². The molecule has 1 heterocycles. The van der Waals surface area contributed by atoms with Gasteiger partial charge in [-0.2, -0.15) is 0 Å². The Balaban J connectivity index is 2.24. The standard InChI is InChI=1S/C11H8FNO4/c1-6-9(10(14)15)13-17-11(6)16-8-4-2-7(12)3-5-8/h2-5H,1H3,(H,14,15). The van der Waals surface area contributed by atoms with E-state index in [9.17, 15) is 9.18 Å². The number of hydrogen-bond donors (Lipinski definition) is 1. The predicted molar refractivity (Wildman–Crippen MR) is 54.7 cm³/mol. The summed E-state index contributed by atoms with van der Waals surface area (Å²) >= 11 is 0. The van der Waals surface area contributed by atoms with Gasteiger partial charge in [0, 0.05) is 0 Å². The van der Waals surface area contributed by atoms with E-state index in [-0.39, 0.29) is 17.2 Å². The molecule has 0 aliphatic heterocycles. The van der Waals surface area contributed by atoms with Crippen molar-refractivity contribution in [1.29, 1.82) is 0 Å². The van der Waals surface area contributed by atoms with Gasteiger partial charge in [0.1, 0.15) is 11.6 Å². The number of carbonyl (C=O) groups is 1. The van der Waals surface area contributed by atoms with Crippen LogP contribution in [0.5, 0.6) is 11.7 Å². The van der Waals surface area contributed by atoms with Crippen LogP contribution in [-0.2, 0) is 0 Å². The molecule has 1 N–H and O–H groups in total. The van der Waals surface area contributed by atoms with E-state index in [4.69, 9.17) is 14.4 Å². The highest BCUT2D eigenvalue weighted by Crippen LogP contribution is 2.27. The van der Waals surface area contributed by atoms with Crippen molar-refractivity contribution < 1.29 is 23.6 Å². The summed E-state index contributed by atoms with van der Waals surface area (Å²) in [7, 11) is 0. The van der Waals surface area contributed by atoms with E-state index in [0.717, 1.165) is 0 Å². The van der Waals surface area contributed by atoms with Crippen LogP contribution in [0, 0.1) is 12.7 Å². The molecule has 6 heteroatoms. The molecule has 2 aromatic rings. The largest absolute Gasteiger partial charge is 0.476 e. The van der Waals surface area contributed by atoms with Crippen LogP contribution in [0.4, 0.5) is 4.39 Å². The third-order valence-electron chi connectivity index (χ3n) is 2.11. The van der Waals surface area contributed by atoms with Crippen LogP contribution in [-0.4, -0.2) is 16.2 Å². The number of aromatic nitrogens is 1. The quantitative estimate of drug-likeness (QED) is 0.888. The van der Waals surface area contributed by atoms with Crippen LogP contribution < -0.4 is 4.74 Å². The third-order valence-corrected chi connectivity index (χ3v) is 2.11. The molecule has 0 spiro atoms. The molecule has 88 valence electrons. The zero-order valence-electron chi connectivity index (χ0n) is 8.81. The van der Waals surface area contributed by atoms with Crippen molar-refractivity contribution in [1.82, 2.24) is 5.16 Å².